The number of hydrogen-bond donors (Lipinski definition) is 2. The van der Waals surface area contributed by atoms with Crippen molar-refractivity contribution in [3.05, 3.63) is 28.5 Å². The fourth-order valence-electron chi connectivity index (χ4n) is 0.838. The second-order valence-corrected chi connectivity index (χ2v) is 3.25. The van der Waals surface area contributed by atoms with Gasteiger partial charge in [-0.25, -0.2) is 0 Å². The molecule has 1 aromatic rings. The van der Waals surface area contributed by atoms with E-state index < -0.39 is 11.8 Å². The Morgan fingerprint density at radius 2 is 2.08 bits per heavy atom. The van der Waals surface area contributed by atoms with Gasteiger partial charge in [0, 0.05) is 11.0 Å². The zero-order chi connectivity index (χ0) is 9.84. The van der Waals surface area contributed by atoms with Gasteiger partial charge in [0.25, 0.3) is 0 Å². The van der Waals surface area contributed by atoms with Crippen molar-refractivity contribution in [1.82, 2.24) is 0 Å². The molecule has 0 spiro atoms. The molecule has 0 radical (unpaired) electrons. The molecule has 0 bridgehead atoms. The molecule has 0 atom stereocenters. The van der Waals surface area contributed by atoms with Crippen molar-refractivity contribution in [3.8, 4) is 0 Å². The lowest BCUT2D eigenvalue weighted by Gasteiger charge is -1.96. The van der Waals surface area contributed by atoms with Crippen LogP contribution in [0.15, 0.2) is 23.6 Å². The van der Waals surface area contributed by atoms with E-state index in [0.717, 1.165) is 6.08 Å². The molecule has 0 saturated heterocycles. The monoisotopic (exact) mass is 196 g/mol. The van der Waals surface area contributed by atoms with Crippen molar-refractivity contribution in [2.75, 3.05) is 0 Å². The van der Waals surface area contributed by atoms with E-state index in [-0.39, 0.29) is 5.57 Å². The standard InChI is InChI=1S/C8H8N2O2S/c9-7(11)4-5(8(10)12)6-2-1-3-13-6/h1-4H,(H2,9,11)(H2,10,12)/b5-4-. The molecule has 4 N–H and O–H groups in total. The Morgan fingerprint density at radius 1 is 1.38 bits per heavy atom. The fourth-order valence-corrected chi connectivity index (χ4v) is 1.59. The molecule has 0 aliphatic rings. The van der Waals surface area contributed by atoms with Crippen molar-refractivity contribution in [2.45, 2.75) is 0 Å². The minimum Gasteiger partial charge on any atom is -0.366 e. The predicted molar refractivity (Wildman–Crippen MR) is 50.7 cm³/mol. The van der Waals surface area contributed by atoms with Gasteiger partial charge < -0.3 is 11.5 Å². The zero-order valence-corrected chi connectivity index (χ0v) is 7.51. The van der Waals surface area contributed by atoms with Gasteiger partial charge in [0.15, 0.2) is 0 Å². The number of nitrogens with two attached hydrogens (primary N) is 2. The first-order valence-electron chi connectivity index (χ1n) is 3.46. The molecule has 0 aliphatic heterocycles. The van der Waals surface area contributed by atoms with E-state index in [1.807, 2.05) is 0 Å². The first-order chi connectivity index (χ1) is 6.11. The van der Waals surface area contributed by atoms with Crippen LogP contribution in [-0.2, 0) is 9.59 Å². The average Bonchev–Trinajstić information content (AvgIpc) is 2.50. The first-order valence-corrected chi connectivity index (χ1v) is 4.34. The van der Waals surface area contributed by atoms with E-state index in [0.29, 0.717) is 4.88 Å². The molecular formula is C8H8N2O2S. The summed E-state index contributed by atoms with van der Waals surface area (Å²) in [6.45, 7) is 0. The first kappa shape index (κ1) is 9.47. The topological polar surface area (TPSA) is 86.2 Å². The highest BCUT2D eigenvalue weighted by Gasteiger charge is 2.09. The molecule has 1 heterocycles. The number of amides is 2. The van der Waals surface area contributed by atoms with E-state index in [1.54, 1.807) is 17.5 Å². The number of carbonyl (C=O) groups is 2. The maximum absolute atomic E-state index is 10.9. The molecule has 2 amide bonds. The molecule has 0 fully saturated rings. The lowest BCUT2D eigenvalue weighted by molar-refractivity contribution is -0.115. The maximum Gasteiger partial charge on any atom is 0.250 e. The van der Waals surface area contributed by atoms with E-state index in [4.69, 9.17) is 11.5 Å². The second kappa shape index (κ2) is 3.86. The third-order valence-electron chi connectivity index (χ3n) is 1.34. The van der Waals surface area contributed by atoms with Crippen LogP contribution >= 0.6 is 11.3 Å². The Bertz CT molecular complexity index is 354. The molecule has 13 heavy (non-hydrogen) atoms. The van der Waals surface area contributed by atoms with E-state index in [1.165, 1.54) is 11.3 Å². The smallest absolute Gasteiger partial charge is 0.250 e. The van der Waals surface area contributed by atoms with Crippen molar-refractivity contribution in [2.24, 2.45) is 11.5 Å². The van der Waals surface area contributed by atoms with Gasteiger partial charge in [-0.2, -0.15) is 0 Å². The van der Waals surface area contributed by atoms with Crippen molar-refractivity contribution >= 4 is 28.7 Å². The summed E-state index contributed by atoms with van der Waals surface area (Å²) in [6, 6.07) is 3.46. The van der Waals surface area contributed by atoms with E-state index in [9.17, 15) is 9.59 Å². The largest absolute Gasteiger partial charge is 0.366 e. The van der Waals surface area contributed by atoms with Crippen molar-refractivity contribution in [3.63, 3.8) is 0 Å². The lowest BCUT2D eigenvalue weighted by Crippen LogP contribution is -2.16. The fraction of sp³-hybridized carbons (Fsp3) is 0. The van der Waals surface area contributed by atoms with Gasteiger partial charge in [-0.1, -0.05) is 6.07 Å². The molecule has 0 aliphatic carbocycles. The number of hydrogen-bond acceptors (Lipinski definition) is 3. The van der Waals surface area contributed by atoms with E-state index in [2.05, 4.69) is 0 Å². The van der Waals surface area contributed by atoms with Gasteiger partial charge in [-0.15, -0.1) is 11.3 Å². The van der Waals surface area contributed by atoms with Crippen LogP contribution < -0.4 is 11.5 Å². The summed E-state index contributed by atoms with van der Waals surface area (Å²) in [4.78, 5) is 22.1. The van der Waals surface area contributed by atoms with Gasteiger partial charge in [0.1, 0.15) is 0 Å². The number of rotatable bonds is 3. The highest BCUT2D eigenvalue weighted by atomic mass is 32.1. The Hall–Kier alpha value is -1.62. The predicted octanol–water partition coefficient (Wildman–Crippen LogP) is 0.102. The lowest BCUT2D eigenvalue weighted by atomic mass is 10.2. The maximum atomic E-state index is 10.9. The third-order valence-corrected chi connectivity index (χ3v) is 2.24. The van der Waals surface area contributed by atoms with Crippen LogP contribution in [-0.4, -0.2) is 11.8 Å². The third kappa shape index (κ3) is 2.41. The summed E-state index contributed by atoms with van der Waals surface area (Å²) in [6.07, 6.45) is 1.04. The molecule has 0 saturated carbocycles. The van der Waals surface area contributed by atoms with Gasteiger partial charge in [-0.05, 0) is 11.4 Å². The quantitative estimate of drug-likeness (QED) is 0.672. The second-order valence-electron chi connectivity index (χ2n) is 2.30. The number of carbonyl (C=O) groups excluding carboxylic acids is 2. The van der Waals surface area contributed by atoms with Crippen molar-refractivity contribution < 1.29 is 9.59 Å². The minimum atomic E-state index is -0.679. The van der Waals surface area contributed by atoms with Crippen LogP contribution in [0, 0.1) is 0 Å². The van der Waals surface area contributed by atoms with E-state index >= 15 is 0 Å². The van der Waals surface area contributed by atoms with Gasteiger partial charge in [0.2, 0.25) is 11.8 Å². The summed E-state index contributed by atoms with van der Waals surface area (Å²) >= 11 is 1.32. The molecule has 68 valence electrons. The summed E-state index contributed by atoms with van der Waals surface area (Å²) in [5.41, 5.74) is 10.1. The van der Waals surface area contributed by atoms with Crippen LogP contribution in [0.25, 0.3) is 5.57 Å². The number of thiophene rings is 1. The molecule has 1 aromatic heterocycles. The highest BCUT2D eigenvalue weighted by molar-refractivity contribution is 7.11. The Morgan fingerprint density at radius 3 is 2.46 bits per heavy atom. The average molecular weight is 196 g/mol. The molecule has 0 unspecified atom stereocenters. The Balaban J connectivity index is 3.08. The van der Waals surface area contributed by atoms with Crippen LogP contribution in [0.2, 0.25) is 0 Å². The normalized spacial score (nSPS) is 11.2. The van der Waals surface area contributed by atoms with Gasteiger partial charge in [0.05, 0.1) is 5.57 Å². The van der Waals surface area contributed by atoms with Gasteiger partial charge in [-0.3, -0.25) is 9.59 Å². The summed E-state index contributed by atoms with van der Waals surface area (Å²) in [7, 11) is 0. The summed E-state index contributed by atoms with van der Waals surface area (Å²) < 4.78 is 0. The molecular weight excluding hydrogens is 188 g/mol. The zero-order valence-electron chi connectivity index (χ0n) is 6.69. The van der Waals surface area contributed by atoms with Gasteiger partial charge >= 0.3 is 0 Å². The van der Waals surface area contributed by atoms with Crippen LogP contribution in [0.4, 0.5) is 0 Å². The summed E-state index contributed by atoms with van der Waals surface area (Å²) in [5.74, 6) is -1.33. The Kier molecular flexibility index (Phi) is 2.81. The minimum absolute atomic E-state index is 0.155. The Labute approximate surface area is 78.8 Å². The molecule has 5 heteroatoms. The molecule has 4 nitrogen and oxygen atoms in total. The molecule has 1 rings (SSSR count). The number of primary amides is 2. The SMILES string of the molecule is NC(=O)/C=C(\C(N)=O)c1cccs1. The van der Waals surface area contributed by atoms with Crippen LogP contribution in [0.1, 0.15) is 4.88 Å². The van der Waals surface area contributed by atoms with Crippen LogP contribution in [0.3, 0.4) is 0 Å². The highest BCUT2D eigenvalue weighted by Crippen LogP contribution is 2.19. The molecule has 0 aromatic carbocycles. The van der Waals surface area contributed by atoms with Crippen molar-refractivity contribution in [1.29, 1.82) is 0 Å². The van der Waals surface area contributed by atoms with Crippen LogP contribution in [0.5, 0.6) is 0 Å². The summed E-state index contributed by atoms with van der Waals surface area (Å²) in [5, 5.41) is 1.78.